The standard InChI is InChI=1S/C8H17N/c1-3-7-4-8(5-7)6-9-2/h7-9H,3-6H2,1-2H3/t7-,8-. The summed E-state index contributed by atoms with van der Waals surface area (Å²) in [6.07, 6.45) is 4.33. The molecule has 0 heterocycles. The molecule has 1 nitrogen and oxygen atoms in total. The van der Waals surface area contributed by atoms with Crippen LogP contribution in [0.3, 0.4) is 0 Å². The molecule has 0 radical (unpaired) electrons. The summed E-state index contributed by atoms with van der Waals surface area (Å²) in [6.45, 7) is 3.52. The minimum atomic E-state index is 1.000. The number of hydrogen-bond donors (Lipinski definition) is 1. The van der Waals surface area contributed by atoms with Gasteiger partial charge in [0.05, 0.1) is 0 Å². The molecule has 54 valence electrons. The van der Waals surface area contributed by atoms with Gasteiger partial charge in [-0.3, -0.25) is 0 Å². The van der Waals surface area contributed by atoms with E-state index in [0.29, 0.717) is 0 Å². The lowest BCUT2D eigenvalue weighted by Gasteiger charge is -2.34. The van der Waals surface area contributed by atoms with Gasteiger partial charge in [-0.25, -0.2) is 0 Å². The van der Waals surface area contributed by atoms with Gasteiger partial charge in [0, 0.05) is 0 Å². The smallest absolute Gasteiger partial charge is 0.00233 e. The molecule has 0 aromatic carbocycles. The monoisotopic (exact) mass is 127 g/mol. The molecule has 1 heteroatoms. The fraction of sp³-hybridized carbons (Fsp3) is 1.00. The highest BCUT2D eigenvalue weighted by atomic mass is 14.8. The van der Waals surface area contributed by atoms with Crippen molar-refractivity contribution in [1.82, 2.24) is 5.32 Å². The Hall–Kier alpha value is -0.0400. The van der Waals surface area contributed by atoms with Gasteiger partial charge in [-0.05, 0) is 38.3 Å². The zero-order chi connectivity index (χ0) is 6.69. The molecule has 0 saturated heterocycles. The molecule has 1 fully saturated rings. The van der Waals surface area contributed by atoms with Crippen LogP contribution in [0.1, 0.15) is 26.2 Å². The van der Waals surface area contributed by atoms with E-state index < -0.39 is 0 Å². The third-order valence-corrected chi connectivity index (χ3v) is 2.40. The predicted octanol–water partition coefficient (Wildman–Crippen LogP) is 1.64. The number of rotatable bonds is 3. The summed E-state index contributed by atoms with van der Waals surface area (Å²) in [6, 6.07) is 0. The maximum atomic E-state index is 3.21. The third kappa shape index (κ3) is 1.68. The normalized spacial score (nSPS) is 34.0. The molecular weight excluding hydrogens is 110 g/mol. The van der Waals surface area contributed by atoms with Crippen LogP contribution in [0.4, 0.5) is 0 Å². The Morgan fingerprint density at radius 3 is 2.44 bits per heavy atom. The van der Waals surface area contributed by atoms with Crippen LogP contribution < -0.4 is 5.32 Å². The molecule has 0 bridgehead atoms. The molecule has 0 aromatic rings. The maximum absolute atomic E-state index is 3.21. The zero-order valence-corrected chi connectivity index (χ0v) is 6.48. The van der Waals surface area contributed by atoms with Crippen LogP contribution >= 0.6 is 0 Å². The molecule has 0 amide bonds. The SMILES string of the molecule is CC[C@H]1C[C@H](CNC)C1. The molecule has 1 N–H and O–H groups in total. The largest absolute Gasteiger partial charge is 0.319 e. The Balaban J connectivity index is 1.98. The Kier molecular flexibility index (Phi) is 2.52. The number of nitrogens with one attached hydrogen (secondary N) is 1. The van der Waals surface area contributed by atoms with E-state index in [1.54, 1.807) is 0 Å². The van der Waals surface area contributed by atoms with Crippen LogP contribution in [0.2, 0.25) is 0 Å². The molecule has 1 rings (SSSR count). The molecule has 0 unspecified atom stereocenters. The van der Waals surface area contributed by atoms with Gasteiger partial charge in [-0.15, -0.1) is 0 Å². The summed E-state index contributed by atoms with van der Waals surface area (Å²) < 4.78 is 0. The zero-order valence-electron chi connectivity index (χ0n) is 6.48. The highest BCUT2D eigenvalue weighted by Gasteiger charge is 2.26. The van der Waals surface area contributed by atoms with Gasteiger partial charge < -0.3 is 5.32 Å². The minimum Gasteiger partial charge on any atom is -0.319 e. The summed E-state index contributed by atoms with van der Waals surface area (Å²) in [4.78, 5) is 0. The lowest BCUT2D eigenvalue weighted by molar-refractivity contribution is 0.186. The molecule has 9 heavy (non-hydrogen) atoms. The van der Waals surface area contributed by atoms with E-state index in [9.17, 15) is 0 Å². The van der Waals surface area contributed by atoms with Crippen LogP contribution in [0.5, 0.6) is 0 Å². The van der Waals surface area contributed by atoms with Crippen molar-refractivity contribution >= 4 is 0 Å². The Morgan fingerprint density at radius 2 is 2.00 bits per heavy atom. The highest BCUT2D eigenvalue weighted by molar-refractivity contribution is 4.79. The first-order valence-electron chi connectivity index (χ1n) is 4.01. The molecule has 0 aliphatic heterocycles. The van der Waals surface area contributed by atoms with Crippen LogP contribution in [-0.2, 0) is 0 Å². The van der Waals surface area contributed by atoms with Gasteiger partial charge in [0.2, 0.25) is 0 Å². The molecule has 0 atom stereocenters. The van der Waals surface area contributed by atoms with Gasteiger partial charge in [-0.1, -0.05) is 13.3 Å². The third-order valence-electron chi connectivity index (χ3n) is 2.40. The van der Waals surface area contributed by atoms with Crippen LogP contribution in [0.15, 0.2) is 0 Å². The molecule has 1 aliphatic rings. The van der Waals surface area contributed by atoms with Crippen molar-refractivity contribution in [2.75, 3.05) is 13.6 Å². The lowest BCUT2D eigenvalue weighted by Crippen LogP contribution is -2.31. The fourth-order valence-corrected chi connectivity index (χ4v) is 1.66. The van der Waals surface area contributed by atoms with E-state index in [1.165, 1.54) is 25.8 Å². The van der Waals surface area contributed by atoms with Crippen molar-refractivity contribution in [2.24, 2.45) is 11.8 Å². The van der Waals surface area contributed by atoms with Gasteiger partial charge >= 0.3 is 0 Å². The van der Waals surface area contributed by atoms with Crippen molar-refractivity contribution in [3.63, 3.8) is 0 Å². The van der Waals surface area contributed by atoms with E-state index in [2.05, 4.69) is 12.2 Å². The van der Waals surface area contributed by atoms with Crippen molar-refractivity contribution in [3.05, 3.63) is 0 Å². The molecule has 0 spiro atoms. The van der Waals surface area contributed by atoms with Gasteiger partial charge in [0.15, 0.2) is 0 Å². The predicted molar refractivity (Wildman–Crippen MR) is 40.4 cm³/mol. The average Bonchev–Trinajstić information content (AvgIpc) is 1.77. The molecule has 1 aliphatic carbocycles. The van der Waals surface area contributed by atoms with Crippen molar-refractivity contribution in [1.29, 1.82) is 0 Å². The van der Waals surface area contributed by atoms with E-state index in [0.717, 1.165) is 11.8 Å². The second kappa shape index (κ2) is 3.21. The second-order valence-corrected chi connectivity index (χ2v) is 3.17. The summed E-state index contributed by atoms with van der Waals surface area (Å²) in [7, 11) is 2.04. The Labute approximate surface area is 57.8 Å². The molecular formula is C8H17N. The van der Waals surface area contributed by atoms with Crippen molar-refractivity contribution < 1.29 is 0 Å². The quantitative estimate of drug-likeness (QED) is 0.607. The first-order valence-corrected chi connectivity index (χ1v) is 4.01. The van der Waals surface area contributed by atoms with E-state index in [1.807, 2.05) is 7.05 Å². The Morgan fingerprint density at radius 1 is 1.33 bits per heavy atom. The van der Waals surface area contributed by atoms with E-state index >= 15 is 0 Å². The second-order valence-electron chi connectivity index (χ2n) is 3.17. The van der Waals surface area contributed by atoms with E-state index in [-0.39, 0.29) is 0 Å². The minimum absolute atomic E-state index is 1.000. The van der Waals surface area contributed by atoms with Crippen LogP contribution in [-0.4, -0.2) is 13.6 Å². The van der Waals surface area contributed by atoms with Crippen LogP contribution in [0.25, 0.3) is 0 Å². The van der Waals surface area contributed by atoms with Gasteiger partial charge in [-0.2, -0.15) is 0 Å². The maximum Gasteiger partial charge on any atom is -0.00233 e. The molecule has 1 saturated carbocycles. The lowest BCUT2D eigenvalue weighted by atomic mass is 9.74. The molecule has 0 aromatic heterocycles. The average molecular weight is 127 g/mol. The summed E-state index contributed by atoms with van der Waals surface area (Å²) in [5.74, 6) is 2.06. The van der Waals surface area contributed by atoms with Gasteiger partial charge in [0.25, 0.3) is 0 Å². The van der Waals surface area contributed by atoms with E-state index in [4.69, 9.17) is 0 Å². The summed E-state index contributed by atoms with van der Waals surface area (Å²) >= 11 is 0. The van der Waals surface area contributed by atoms with Crippen molar-refractivity contribution in [3.8, 4) is 0 Å². The Bertz CT molecular complexity index is 74.6. The summed E-state index contributed by atoms with van der Waals surface area (Å²) in [5, 5.41) is 3.21. The fourth-order valence-electron chi connectivity index (χ4n) is 1.66. The topological polar surface area (TPSA) is 12.0 Å². The first-order chi connectivity index (χ1) is 4.36. The highest BCUT2D eigenvalue weighted by Crippen LogP contribution is 2.34. The first kappa shape index (κ1) is 7.07. The van der Waals surface area contributed by atoms with Crippen molar-refractivity contribution in [2.45, 2.75) is 26.2 Å². The number of hydrogen-bond acceptors (Lipinski definition) is 1. The van der Waals surface area contributed by atoms with Crippen LogP contribution in [0, 0.1) is 11.8 Å². The van der Waals surface area contributed by atoms with Gasteiger partial charge in [0.1, 0.15) is 0 Å². The summed E-state index contributed by atoms with van der Waals surface area (Å²) in [5.41, 5.74) is 0.